The van der Waals surface area contributed by atoms with Gasteiger partial charge in [-0.05, 0) is 68.4 Å². The molecule has 4 bridgehead atoms. The Morgan fingerprint density at radius 2 is 1.62 bits per heavy atom. The summed E-state index contributed by atoms with van der Waals surface area (Å²) in [4.78, 5) is 24.5. The lowest BCUT2D eigenvalue weighted by molar-refractivity contribution is -0.125. The number of hydrogen-bond acceptors (Lipinski definition) is 2. The van der Waals surface area contributed by atoms with Gasteiger partial charge in [0.15, 0.2) is 0 Å². The van der Waals surface area contributed by atoms with E-state index in [-0.39, 0.29) is 23.9 Å². The van der Waals surface area contributed by atoms with E-state index in [2.05, 4.69) is 10.6 Å². The first-order chi connectivity index (χ1) is 11.5. The topological polar surface area (TPSA) is 58.2 Å². The Morgan fingerprint density at radius 1 is 1.04 bits per heavy atom. The van der Waals surface area contributed by atoms with Crippen LogP contribution in [0.2, 0.25) is 5.02 Å². The molecule has 4 aliphatic rings. The number of rotatable bonds is 4. The first kappa shape index (κ1) is 15.9. The third kappa shape index (κ3) is 3.04. The number of carbonyl (C=O) groups is 2. The number of hydrogen-bond donors (Lipinski definition) is 2. The highest BCUT2D eigenvalue weighted by Gasteiger charge is 2.51. The minimum atomic E-state index is -0.304. The molecule has 2 N–H and O–H groups in total. The molecule has 0 atom stereocenters. The molecule has 0 aromatic heterocycles. The fourth-order valence-corrected chi connectivity index (χ4v) is 5.73. The van der Waals surface area contributed by atoms with Crippen LogP contribution < -0.4 is 10.6 Å². The fraction of sp³-hybridized carbons (Fsp3) is 0.579. The van der Waals surface area contributed by atoms with Crippen molar-refractivity contribution in [1.29, 1.82) is 0 Å². The zero-order chi connectivity index (χ0) is 16.7. The van der Waals surface area contributed by atoms with Crippen molar-refractivity contribution in [3.63, 3.8) is 0 Å². The van der Waals surface area contributed by atoms with E-state index in [9.17, 15) is 9.59 Å². The standard InChI is InChI=1S/C19H23ClN2O2/c20-16-4-2-1-3-15(16)18(24)21-11-17(23)22-19-8-12-5-13(9-19)7-14(6-12)10-19/h1-4,12-14H,5-11H2,(H,21,24)(H,22,23). The molecule has 1 aromatic rings. The van der Waals surface area contributed by atoms with Crippen molar-refractivity contribution < 1.29 is 9.59 Å². The maximum Gasteiger partial charge on any atom is 0.253 e. The van der Waals surface area contributed by atoms with E-state index in [0.717, 1.165) is 37.0 Å². The summed E-state index contributed by atoms with van der Waals surface area (Å²) < 4.78 is 0. The maximum absolute atomic E-state index is 12.4. The lowest BCUT2D eigenvalue weighted by Gasteiger charge is -2.56. The zero-order valence-electron chi connectivity index (χ0n) is 13.7. The number of benzene rings is 1. The van der Waals surface area contributed by atoms with Crippen molar-refractivity contribution in [2.24, 2.45) is 17.8 Å². The highest BCUT2D eigenvalue weighted by Crippen LogP contribution is 2.55. The third-order valence-corrected chi connectivity index (χ3v) is 6.30. The van der Waals surface area contributed by atoms with Crippen molar-refractivity contribution in [2.45, 2.75) is 44.1 Å². The van der Waals surface area contributed by atoms with Gasteiger partial charge in [-0.3, -0.25) is 9.59 Å². The molecule has 5 heteroatoms. The molecule has 4 fully saturated rings. The van der Waals surface area contributed by atoms with Crippen LogP contribution in [0.4, 0.5) is 0 Å². The second-order valence-electron chi connectivity index (χ2n) is 7.91. The molecule has 5 rings (SSSR count). The summed E-state index contributed by atoms with van der Waals surface area (Å²) >= 11 is 6.02. The van der Waals surface area contributed by atoms with Crippen LogP contribution in [0, 0.1) is 17.8 Å². The van der Waals surface area contributed by atoms with Gasteiger partial charge in [0.2, 0.25) is 5.91 Å². The summed E-state index contributed by atoms with van der Waals surface area (Å²) in [6.07, 6.45) is 7.38. The molecule has 4 aliphatic carbocycles. The lowest BCUT2D eigenvalue weighted by atomic mass is 9.53. The average molecular weight is 347 g/mol. The van der Waals surface area contributed by atoms with Crippen molar-refractivity contribution in [3.8, 4) is 0 Å². The Balaban J connectivity index is 1.34. The van der Waals surface area contributed by atoms with Crippen molar-refractivity contribution in [3.05, 3.63) is 34.9 Å². The Bertz CT molecular complexity index is 638. The van der Waals surface area contributed by atoms with E-state index in [4.69, 9.17) is 11.6 Å². The van der Waals surface area contributed by atoms with Gasteiger partial charge in [0.1, 0.15) is 0 Å². The van der Waals surface area contributed by atoms with Gasteiger partial charge >= 0.3 is 0 Å². The third-order valence-electron chi connectivity index (χ3n) is 5.97. The van der Waals surface area contributed by atoms with E-state index < -0.39 is 0 Å². The number of carbonyl (C=O) groups excluding carboxylic acids is 2. The number of nitrogens with one attached hydrogen (secondary N) is 2. The van der Waals surface area contributed by atoms with Gasteiger partial charge in [0.05, 0.1) is 17.1 Å². The highest BCUT2D eigenvalue weighted by molar-refractivity contribution is 6.33. The molecular weight excluding hydrogens is 324 g/mol. The molecule has 128 valence electrons. The summed E-state index contributed by atoms with van der Waals surface area (Å²) in [5.74, 6) is 1.97. The molecule has 4 saturated carbocycles. The van der Waals surface area contributed by atoms with E-state index >= 15 is 0 Å². The second-order valence-corrected chi connectivity index (χ2v) is 8.32. The van der Waals surface area contributed by atoms with Crippen LogP contribution in [-0.2, 0) is 4.79 Å². The van der Waals surface area contributed by atoms with Crippen molar-refractivity contribution in [2.75, 3.05) is 6.54 Å². The fourth-order valence-electron chi connectivity index (χ4n) is 5.50. The van der Waals surface area contributed by atoms with E-state index in [1.165, 1.54) is 19.3 Å². The Kier molecular flexibility index (Phi) is 4.03. The first-order valence-electron chi connectivity index (χ1n) is 8.87. The zero-order valence-corrected chi connectivity index (χ0v) is 14.4. The largest absolute Gasteiger partial charge is 0.349 e. The molecule has 0 spiro atoms. The summed E-state index contributed by atoms with van der Waals surface area (Å²) in [6, 6.07) is 6.87. The van der Waals surface area contributed by atoms with E-state index in [1.54, 1.807) is 24.3 Å². The van der Waals surface area contributed by atoms with Gasteiger partial charge in [-0.15, -0.1) is 0 Å². The molecule has 1 aromatic carbocycles. The SMILES string of the molecule is O=C(CNC(=O)c1ccccc1Cl)NC12CC3CC(CC(C3)C1)C2. The average Bonchev–Trinajstić information content (AvgIpc) is 2.51. The molecule has 0 saturated heterocycles. The van der Waals surface area contributed by atoms with Crippen LogP contribution in [0.3, 0.4) is 0 Å². The molecule has 2 amide bonds. The van der Waals surface area contributed by atoms with E-state index in [0.29, 0.717) is 10.6 Å². The van der Waals surface area contributed by atoms with Crippen molar-refractivity contribution in [1.82, 2.24) is 10.6 Å². The van der Waals surface area contributed by atoms with Gasteiger partial charge in [-0.25, -0.2) is 0 Å². The summed E-state index contributed by atoms with van der Waals surface area (Å²) in [7, 11) is 0. The first-order valence-corrected chi connectivity index (χ1v) is 9.24. The Labute approximate surface area is 147 Å². The van der Waals surface area contributed by atoms with Crippen LogP contribution in [0.15, 0.2) is 24.3 Å². The van der Waals surface area contributed by atoms with Gasteiger partial charge in [0, 0.05) is 5.54 Å². The van der Waals surface area contributed by atoms with Crippen LogP contribution in [0.1, 0.15) is 48.9 Å². The van der Waals surface area contributed by atoms with Crippen LogP contribution in [-0.4, -0.2) is 23.9 Å². The number of amides is 2. The Hall–Kier alpha value is -1.55. The molecular formula is C19H23ClN2O2. The molecule has 0 radical (unpaired) electrons. The summed E-state index contributed by atoms with van der Waals surface area (Å²) in [6.45, 7) is 0.00576. The molecule has 0 heterocycles. The molecule has 4 nitrogen and oxygen atoms in total. The summed E-state index contributed by atoms with van der Waals surface area (Å²) in [5, 5.41) is 6.35. The molecule has 0 aliphatic heterocycles. The Morgan fingerprint density at radius 3 is 2.21 bits per heavy atom. The van der Waals surface area contributed by atoms with Crippen molar-refractivity contribution >= 4 is 23.4 Å². The number of halogens is 1. The lowest BCUT2D eigenvalue weighted by Crippen LogP contribution is -2.61. The van der Waals surface area contributed by atoms with Gasteiger partial charge in [-0.1, -0.05) is 23.7 Å². The second kappa shape index (κ2) is 6.07. The van der Waals surface area contributed by atoms with Crippen LogP contribution in [0.5, 0.6) is 0 Å². The minimum absolute atomic E-state index is 0.00576. The predicted molar refractivity (Wildman–Crippen MR) is 92.8 cm³/mol. The van der Waals surface area contributed by atoms with Crippen LogP contribution >= 0.6 is 11.6 Å². The highest BCUT2D eigenvalue weighted by atomic mass is 35.5. The molecule has 0 unspecified atom stereocenters. The predicted octanol–water partition coefficient (Wildman–Crippen LogP) is 3.15. The maximum atomic E-state index is 12.4. The normalized spacial score (nSPS) is 33.3. The minimum Gasteiger partial charge on any atom is -0.349 e. The van der Waals surface area contributed by atoms with E-state index in [1.807, 2.05) is 0 Å². The summed E-state index contributed by atoms with van der Waals surface area (Å²) in [5.41, 5.74) is 0.391. The van der Waals surface area contributed by atoms with Gasteiger partial charge in [0.25, 0.3) is 5.91 Å². The quantitative estimate of drug-likeness (QED) is 0.879. The van der Waals surface area contributed by atoms with Gasteiger partial charge < -0.3 is 10.6 Å². The molecule has 24 heavy (non-hydrogen) atoms. The van der Waals surface area contributed by atoms with Gasteiger partial charge in [-0.2, -0.15) is 0 Å². The van der Waals surface area contributed by atoms with Crippen LogP contribution in [0.25, 0.3) is 0 Å². The monoisotopic (exact) mass is 346 g/mol. The smallest absolute Gasteiger partial charge is 0.253 e.